The van der Waals surface area contributed by atoms with Crippen molar-refractivity contribution < 1.29 is 4.42 Å². The van der Waals surface area contributed by atoms with Gasteiger partial charge in [-0.2, -0.15) is 0 Å². The molecule has 0 fully saturated rings. The Hall–Kier alpha value is -2.32. The van der Waals surface area contributed by atoms with Crippen LogP contribution in [0.15, 0.2) is 71.3 Å². The Morgan fingerprint density at radius 1 is 0.950 bits per heavy atom. The molecule has 3 aromatic rings. The molecule has 20 heavy (non-hydrogen) atoms. The highest BCUT2D eigenvalue weighted by Crippen LogP contribution is 2.26. The molecule has 2 nitrogen and oxygen atoms in total. The zero-order valence-corrected chi connectivity index (χ0v) is 11.4. The Morgan fingerprint density at radius 3 is 2.30 bits per heavy atom. The highest BCUT2D eigenvalue weighted by molar-refractivity contribution is 6.50. The summed E-state index contributed by atoms with van der Waals surface area (Å²) in [7, 11) is 0. The zero-order chi connectivity index (χ0) is 13.8. The van der Waals surface area contributed by atoms with Gasteiger partial charge in [0.25, 0.3) is 0 Å². The van der Waals surface area contributed by atoms with Crippen LogP contribution >= 0.6 is 11.6 Å². The maximum absolute atomic E-state index is 6.25. The van der Waals surface area contributed by atoms with Gasteiger partial charge in [-0.3, -0.25) is 0 Å². The molecular weight excluding hydrogens is 270 g/mol. The second-order valence-electron chi connectivity index (χ2n) is 4.30. The van der Waals surface area contributed by atoms with Crippen LogP contribution in [0.1, 0.15) is 11.5 Å². The van der Waals surface area contributed by atoms with E-state index in [0.717, 1.165) is 11.1 Å². The van der Waals surface area contributed by atoms with E-state index in [1.807, 2.05) is 66.7 Å². The SMILES string of the molecule is Cl/C(=C\c1ccccc1)c1ncc(-c2ccccc2)o1. The Balaban J connectivity index is 1.89. The van der Waals surface area contributed by atoms with E-state index in [1.54, 1.807) is 6.20 Å². The summed E-state index contributed by atoms with van der Waals surface area (Å²) in [6.07, 6.45) is 3.52. The summed E-state index contributed by atoms with van der Waals surface area (Å²) in [6, 6.07) is 19.7. The molecule has 0 saturated carbocycles. The molecular formula is C17H12ClNO. The van der Waals surface area contributed by atoms with Gasteiger partial charge in [0, 0.05) is 5.56 Å². The lowest BCUT2D eigenvalue weighted by molar-refractivity contribution is 0.559. The summed E-state index contributed by atoms with van der Waals surface area (Å²) in [5, 5.41) is 0.485. The molecule has 0 amide bonds. The summed E-state index contributed by atoms with van der Waals surface area (Å²) in [6.45, 7) is 0. The lowest BCUT2D eigenvalue weighted by atomic mass is 10.2. The number of oxazole rings is 1. The molecule has 0 aliphatic heterocycles. The Bertz CT molecular complexity index is 717. The Labute approximate surface area is 122 Å². The fourth-order valence-corrected chi connectivity index (χ4v) is 2.09. The molecule has 0 bridgehead atoms. The number of benzene rings is 2. The van der Waals surface area contributed by atoms with E-state index < -0.39 is 0 Å². The standard InChI is InChI=1S/C17H12ClNO/c18-15(11-13-7-3-1-4-8-13)17-19-12-16(20-17)14-9-5-2-6-10-14/h1-12H/b15-11-. The highest BCUT2D eigenvalue weighted by Gasteiger charge is 2.08. The van der Waals surface area contributed by atoms with E-state index in [1.165, 1.54) is 0 Å². The Kier molecular flexibility index (Phi) is 3.66. The van der Waals surface area contributed by atoms with Crippen LogP contribution in [0.2, 0.25) is 0 Å². The molecule has 0 unspecified atom stereocenters. The number of aromatic nitrogens is 1. The van der Waals surface area contributed by atoms with E-state index in [0.29, 0.717) is 16.7 Å². The predicted octanol–water partition coefficient (Wildman–Crippen LogP) is 5.08. The normalized spacial score (nSPS) is 11.6. The molecule has 0 spiro atoms. The average molecular weight is 282 g/mol. The number of halogens is 1. The van der Waals surface area contributed by atoms with E-state index in [-0.39, 0.29) is 0 Å². The third-order valence-electron chi connectivity index (χ3n) is 2.86. The molecule has 0 saturated heterocycles. The van der Waals surface area contributed by atoms with Crippen LogP contribution in [0.4, 0.5) is 0 Å². The molecule has 0 N–H and O–H groups in total. The average Bonchev–Trinajstić information content (AvgIpc) is 2.99. The van der Waals surface area contributed by atoms with Gasteiger partial charge in [-0.25, -0.2) is 4.98 Å². The number of hydrogen-bond donors (Lipinski definition) is 0. The van der Waals surface area contributed by atoms with Gasteiger partial charge in [0.15, 0.2) is 5.76 Å². The van der Waals surface area contributed by atoms with Crippen molar-refractivity contribution in [3.05, 3.63) is 78.3 Å². The van der Waals surface area contributed by atoms with Crippen LogP contribution in [0.25, 0.3) is 22.4 Å². The van der Waals surface area contributed by atoms with Gasteiger partial charge in [-0.15, -0.1) is 0 Å². The van der Waals surface area contributed by atoms with Gasteiger partial charge in [-0.1, -0.05) is 72.3 Å². The zero-order valence-electron chi connectivity index (χ0n) is 10.7. The van der Waals surface area contributed by atoms with E-state index in [9.17, 15) is 0 Å². The van der Waals surface area contributed by atoms with E-state index in [2.05, 4.69) is 4.98 Å². The monoisotopic (exact) mass is 281 g/mol. The minimum atomic E-state index is 0.425. The van der Waals surface area contributed by atoms with Gasteiger partial charge in [0.05, 0.1) is 6.20 Å². The first-order chi connectivity index (χ1) is 9.83. The van der Waals surface area contributed by atoms with Crippen molar-refractivity contribution in [2.75, 3.05) is 0 Å². The largest absolute Gasteiger partial charge is 0.435 e. The molecule has 1 aromatic heterocycles. The van der Waals surface area contributed by atoms with Crippen molar-refractivity contribution >= 4 is 22.7 Å². The fraction of sp³-hybridized carbons (Fsp3) is 0. The second kappa shape index (κ2) is 5.76. The molecule has 0 radical (unpaired) electrons. The van der Waals surface area contributed by atoms with Crippen molar-refractivity contribution in [1.29, 1.82) is 0 Å². The van der Waals surface area contributed by atoms with Gasteiger partial charge >= 0.3 is 0 Å². The Morgan fingerprint density at radius 2 is 1.60 bits per heavy atom. The molecule has 98 valence electrons. The van der Waals surface area contributed by atoms with Crippen molar-refractivity contribution in [3.8, 4) is 11.3 Å². The van der Waals surface area contributed by atoms with Crippen LogP contribution in [0.3, 0.4) is 0 Å². The summed E-state index contributed by atoms with van der Waals surface area (Å²) in [5.74, 6) is 1.13. The van der Waals surface area contributed by atoms with Gasteiger partial charge in [0.1, 0.15) is 5.03 Å². The summed E-state index contributed by atoms with van der Waals surface area (Å²) < 4.78 is 5.69. The quantitative estimate of drug-likeness (QED) is 0.669. The second-order valence-corrected chi connectivity index (χ2v) is 4.71. The topological polar surface area (TPSA) is 26.0 Å². The number of hydrogen-bond acceptors (Lipinski definition) is 2. The summed E-state index contributed by atoms with van der Waals surface area (Å²) in [5.41, 5.74) is 1.99. The van der Waals surface area contributed by atoms with Crippen molar-refractivity contribution in [1.82, 2.24) is 4.98 Å². The summed E-state index contributed by atoms with van der Waals surface area (Å²) >= 11 is 6.25. The fourth-order valence-electron chi connectivity index (χ4n) is 1.88. The first-order valence-corrected chi connectivity index (χ1v) is 6.64. The highest BCUT2D eigenvalue weighted by atomic mass is 35.5. The predicted molar refractivity (Wildman–Crippen MR) is 82.1 cm³/mol. The third kappa shape index (κ3) is 2.81. The van der Waals surface area contributed by atoms with Crippen LogP contribution in [-0.2, 0) is 0 Å². The molecule has 0 aliphatic rings. The smallest absolute Gasteiger partial charge is 0.238 e. The van der Waals surface area contributed by atoms with Crippen LogP contribution in [0, 0.1) is 0 Å². The molecule has 3 heteroatoms. The minimum Gasteiger partial charge on any atom is -0.435 e. The lowest BCUT2D eigenvalue weighted by Gasteiger charge is -1.96. The van der Waals surface area contributed by atoms with Crippen LogP contribution in [-0.4, -0.2) is 4.98 Å². The van der Waals surface area contributed by atoms with Crippen molar-refractivity contribution in [2.45, 2.75) is 0 Å². The molecule has 1 heterocycles. The number of rotatable bonds is 3. The van der Waals surface area contributed by atoms with E-state index in [4.69, 9.17) is 16.0 Å². The number of nitrogens with zero attached hydrogens (tertiary/aromatic N) is 1. The first kappa shape index (κ1) is 12.7. The first-order valence-electron chi connectivity index (χ1n) is 6.27. The minimum absolute atomic E-state index is 0.425. The van der Waals surface area contributed by atoms with Crippen LogP contribution in [0.5, 0.6) is 0 Å². The van der Waals surface area contributed by atoms with Gasteiger partial charge in [0.2, 0.25) is 5.89 Å². The van der Waals surface area contributed by atoms with Crippen LogP contribution < -0.4 is 0 Å². The van der Waals surface area contributed by atoms with Crippen molar-refractivity contribution in [2.24, 2.45) is 0 Å². The van der Waals surface area contributed by atoms with Crippen molar-refractivity contribution in [3.63, 3.8) is 0 Å². The molecule has 2 aromatic carbocycles. The van der Waals surface area contributed by atoms with Gasteiger partial charge in [-0.05, 0) is 11.6 Å². The molecule has 3 rings (SSSR count). The lowest BCUT2D eigenvalue weighted by Crippen LogP contribution is -1.76. The molecule has 0 aliphatic carbocycles. The third-order valence-corrected chi connectivity index (χ3v) is 3.13. The summed E-state index contributed by atoms with van der Waals surface area (Å²) in [4.78, 5) is 4.22. The maximum atomic E-state index is 6.25. The maximum Gasteiger partial charge on any atom is 0.238 e. The van der Waals surface area contributed by atoms with Gasteiger partial charge < -0.3 is 4.42 Å². The molecule has 0 atom stereocenters. The van der Waals surface area contributed by atoms with E-state index >= 15 is 0 Å².